The van der Waals surface area contributed by atoms with Crippen molar-refractivity contribution in [2.45, 2.75) is 70.4 Å². The van der Waals surface area contributed by atoms with E-state index in [9.17, 15) is 13.2 Å². The van der Waals surface area contributed by atoms with E-state index in [1.807, 2.05) is 26.8 Å². The van der Waals surface area contributed by atoms with Gasteiger partial charge in [-0.15, -0.1) is 22.7 Å². The minimum Gasteiger partial charge on any atom is -0.297 e. The summed E-state index contributed by atoms with van der Waals surface area (Å²) in [5.41, 5.74) is 3.26. The molecule has 1 amide bonds. The Morgan fingerprint density at radius 2 is 1.91 bits per heavy atom. The van der Waals surface area contributed by atoms with Crippen LogP contribution in [0.3, 0.4) is 0 Å². The number of carbonyl (C=O) groups excluding carboxylic acids is 1. The van der Waals surface area contributed by atoms with Gasteiger partial charge in [-0.2, -0.15) is 4.31 Å². The molecule has 1 aliphatic heterocycles. The van der Waals surface area contributed by atoms with Gasteiger partial charge < -0.3 is 0 Å². The molecule has 9 heteroatoms. The van der Waals surface area contributed by atoms with E-state index in [4.69, 9.17) is 0 Å². The van der Waals surface area contributed by atoms with Crippen molar-refractivity contribution >= 4 is 43.7 Å². The molecule has 33 heavy (non-hydrogen) atoms. The van der Waals surface area contributed by atoms with Crippen LogP contribution in [-0.4, -0.2) is 35.7 Å². The van der Waals surface area contributed by atoms with Gasteiger partial charge in [-0.05, 0) is 57.5 Å². The van der Waals surface area contributed by atoms with Crippen LogP contribution in [0.2, 0.25) is 0 Å². The number of carbonyl (C=O) groups is 1. The molecule has 4 rings (SSSR count). The summed E-state index contributed by atoms with van der Waals surface area (Å²) >= 11 is 2.57. The topological polar surface area (TPSA) is 79.4 Å². The number of nitrogens with zero attached hydrogens (tertiary/aromatic N) is 2. The largest absolute Gasteiger partial charge is 0.297 e. The van der Waals surface area contributed by atoms with Crippen molar-refractivity contribution in [3.8, 4) is 0 Å². The number of anilines is 1. The van der Waals surface area contributed by atoms with Crippen LogP contribution < -0.4 is 5.32 Å². The van der Waals surface area contributed by atoms with Crippen LogP contribution >= 0.6 is 22.7 Å². The second kappa shape index (κ2) is 9.66. The summed E-state index contributed by atoms with van der Waals surface area (Å²) in [6, 6.07) is 9.69. The van der Waals surface area contributed by atoms with E-state index in [2.05, 4.69) is 35.4 Å². The van der Waals surface area contributed by atoms with E-state index in [-0.39, 0.29) is 21.9 Å². The normalized spacial score (nSPS) is 19.5. The molecule has 0 spiro atoms. The average molecular weight is 504 g/mol. The molecular formula is C24H29N3O3S3. The smallest absolute Gasteiger partial charge is 0.268 e. The van der Waals surface area contributed by atoms with Gasteiger partial charge in [0.25, 0.3) is 5.91 Å². The summed E-state index contributed by atoms with van der Waals surface area (Å²) < 4.78 is 28.5. The fourth-order valence-corrected chi connectivity index (χ4v) is 8.63. The Morgan fingerprint density at radius 3 is 2.61 bits per heavy atom. The van der Waals surface area contributed by atoms with Gasteiger partial charge in [-0.25, -0.2) is 13.4 Å². The number of amides is 1. The van der Waals surface area contributed by atoms with Gasteiger partial charge in [0.05, 0.1) is 5.69 Å². The lowest BCUT2D eigenvalue weighted by Gasteiger charge is -2.37. The van der Waals surface area contributed by atoms with Crippen LogP contribution in [0.25, 0.3) is 0 Å². The zero-order chi connectivity index (χ0) is 23.8. The Hall–Kier alpha value is -2.07. The first-order valence-corrected chi connectivity index (χ1v) is 14.2. The van der Waals surface area contributed by atoms with Crippen molar-refractivity contribution in [2.75, 3.05) is 5.32 Å². The van der Waals surface area contributed by atoms with E-state index < -0.39 is 15.9 Å². The third-order valence-corrected chi connectivity index (χ3v) is 10.3. The third kappa shape index (κ3) is 5.06. The highest BCUT2D eigenvalue weighted by Crippen LogP contribution is 2.33. The second-order valence-electron chi connectivity index (χ2n) is 8.73. The van der Waals surface area contributed by atoms with Crippen LogP contribution in [0, 0.1) is 13.8 Å². The minimum atomic E-state index is -3.77. The van der Waals surface area contributed by atoms with Gasteiger partial charge >= 0.3 is 0 Å². The standard InChI is InChI=1S/C24H29N3O3S3/c1-15-7-5-10-19(13-15)14-20-18(4)25-24(32-20)26-23(28)22-21(11-12-31-22)33(29,30)27-16(2)8-6-9-17(27)3/h5,7,10-13,16-17H,6,8-9,14H2,1-4H3,(H,25,26,28). The number of thiophene rings is 1. The quantitative estimate of drug-likeness (QED) is 0.474. The molecule has 0 radical (unpaired) electrons. The number of thiazole rings is 1. The number of aromatic nitrogens is 1. The van der Waals surface area contributed by atoms with Gasteiger partial charge in [-0.3, -0.25) is 10.1 Å². The molecule has 1 aromatic carbocycles. The summed E-state index contributed by atoms with van der Waals surface area (Å²) in [6.45, 7) is 7.87. The maximum atomic E-state index is 13.5. The molecule has 3 heterocycles. The van der Waals surface area contributed by atoms with Crippen molar-refractivity contribution in [1.29, 1.82) is 0 Å². The van der Waals surface area contributed by atoms with Crippen molar-refractivity contribution in [1.82, 2.24) is 9.29 Å². The molecule has 1 saturated heterocycles. The number of aryl methyl sites for hydroxylation is 2. The monoisotopic (exact) mass is 503 g/mol. The van der Waals surface area contributed by atoms with Crippen LogP contribution in [-0.2, 0) is 16.4 Å². The van der Waals surface area contributed by atoms with Gasteiger partial charge in [0, 0.05) is 23.4 Å². The lowest BCUT2D eigenvalue weighted by Crippen LogP contribution is -2.47. The van der Waals surface area contributed by atoms with Gasteiger partial charge in [-0.1, -0.05) is 36.2 Å². The molecule has 0 saturated carbocycles. The van der Waals surface area contributed by atoms with Crippen LogP contribution in [0.15, 0.2) is 40.6 Å². The summed E-state index contributed by atoms with van der Waals surface area (Å²) in [7, 11) is -3.77. The molecule has 2 unspecified atom stereocenters. The number of piperidine rings is 1. The highest BCUT2D eigenvalue weighted by molar-refractivity contribution is 7.89. The Labute approximate surface area is 203 Å². The molecule has 0 aliphatic carbocycles. The van der Waals surface area contributed by atoms with E-state index >= 15 is 0 Å². The summed E-state index contributed by atoms with van der Waals surface area (Å²) in [4.78, 5) is 19.0. The summed E-state index contributed by atoms with van der Waals surface area (Å²) in [5.74, 6) is -0.434. The summed E-state index contributed by atoms with van der Waals surface area (Å²) in [5, 5.41) is 4.98. The fraction of sp³-hybridized carbons (Fsp3) is 0.417. The van der Waals surface area contributed by atoms with Crippen LogP contribution in [0.5, 0.6) is 0 Å². The van der Waals surface area contributed by atoms with Crippen LogP contribution in [0.1, 0.15) is 64.5 Å². The van der Waals surface area contributed by atoms with Crippen molar-refractivity contribution in [2.24, 2.45) is 0 Å². The first-order valence-electron chi connectivity index (χ1n) is 11.1. The molecular weight excluding hydrogens is 474 g/mol. The van der Waals surface area contributed by atoms with Crippen LogP contribution in [0.4, 0.5) is 5.13 Å². The van der Waals surface area contributed by atoms with Gasteiger partial charge in [0.2, 0.25) is 10.0 Å². The minimum absolute atomic E-state index is 0.0823. The van der Waals surface area contributed by atoms with Gasteiger partial charge in [0.15, 0.2) is 5.13 Å². The number of nitrogens with one attached hydrogen (secondary N) is 1. The first kappa shape index (κ1) is 24.1. The first-order chi connectivity index (χ1) is 15.7. The molecule has 0 bridgehead atoms. The molecule has 2 aromatic heterocycles. The predicted octanol–water partition coefficient (Wildman–Crippen LogP) is 5.62. The second-order valence-corrected chi connectivity index (χ2v) is 12.5. The number of hydrogen-bond donors (Lipinski definition) is 1. The van der Waals surface area contributed by atoms with E-state index in [1.54, 1.807) is 15.8 Å². The SMILES string of the molecule is Cc1cccc(Cc2sc(NC(=O)c3sccc3S(=O)(=O)N3C(C)CCCC3C)nc2C)c1. The van der Waals surface area contributed by atoms with Crippen molar-refractivity contribution in [3.05, 3.63) is 62.3 Å². The summed E-state index contributed by atoms with van der Waals surface area (Å²) in [6.07, 6.45) is 3.42. The maximum absolute atomic E-state index is 13.5. The highest BCUT2D eigenvalue weighted by Gasteiger charge is 2.38. The Morgan fingerprint density at radius 1 is 1.18 bits per heavy atom. The van der Waals surface area contributed by atoms with E-state index in [0.717, 1.165) is 47.6 Å². The third-order valence-electron chi connectivity index (χ3n) is 6.06. The molecule has 1 fully saturated rings. The number of sulfonamides is 1. The average Bonchev–Trinajstić information content (AvgIpc) is 3.35. The number of rotatable bonds is 6. The zero-order valence-corrected chi connectivity index (χ0v) is 21.7. The molecule has 3 aromatic rings. The lowest BCUT2D eigenvalue weighted by atomic mass is 10.0. The predicted molar refractivity (Wildman–Crippen MR) is 135 cm³/mol. The van der Waals surface area contributed by atoms with Crippen molar-refractivity contribution in [3.63, 3.8) is 0 Å². The molecule has 1 aliphatic rings. The molecule has 1 N–H and O–H groups in total. The zero-order valence-electron chi connectivity index (χ0n) is 19.3. The molecule has 6 nitrogen and oxygen atoms in total. The molecule has 2 atom stereocenters. The lowest BCUT2D eigenvalue weighted by molar-refractivity contribution is 0.102. The Kier molecular flexibility index (Phi) is 7.04. The Balaban J connectivity index is 1.55. The molecule has 176 valence electrons. The maximum Gasteiger partial charge on any atom is 0.268 e. The van der Waals surface area contributed by atoms with Gasteiger partial charge in [0.1, 0.15) is 9.77 Å². The highest BCUT2D eigenvalue weighted by atomic mass is 32.2. The Bertz CT molecular complexity index is 1250. The fourth-order valence-electron chi connectivity index (χ4n) is 4.46. The number of benzene rings is 1. The van der Waals surface area contributed by atoms with E-state index in [0.29, 0.717) is 5.13 Å². The number of hydrogen-bond acceptors (Lipinski definition) is 6. The van der Waals surface area contributed by atoms with E-state index in [1.165, 1.54) is 22.5 Å². The van der Waals surface area contributed by atoms with Crippen molar-refractivity contribution < 1.29 is 13.2 Å².